The summed E-state index contributed by atoms with van der Waals surface area (Å²) in [6.07, 6.45) is 12.4. The van der Waals surface area contributed by atoms with E-state index in [0.29, 0.717) is 0 Å². The van der Waals surface area contributed by atoms with Crippen molar-refractivity contribution in [1.29, 1.82) is 0 Å². The number of nitro benzene ring substituents is 1. The lowest BCUT2D eigenvalue weighted by molar-refractivity contribution is -0.384. The third-order valence-corrected chi connectivity index (χ3v) is 6.32. The van der Waals surface area contributed by atoms with Gasteiger partial charge in [0, 0.05) is 27.5 Å². The van der Waals surface area contributed by atoms with Crippen molar-refractivity contribution in [3.63, 3.8) is 0 Å². The van der Waals surface area contributed by atoms with Gasteiger partial charge in [-0.2, -0.15) is 5.10 Å². The molecule has 1 aliphatic rings. The SMILES string of the molecule is Cc1cc2c(s1)CCCCCCCCCCC2=NNc1ccc([N+](=O)[O-])cc1. The Morgan fingerprint density at radius 2 is 1.57 bits per heavy atom. The van der Waals surface area contributed by atoms with Crippen molar-refractivity contribution in [3.8, 4) is 0 Å². The minimum atomic E-state index is -0.383. The van der Waals surface area contributed by atoms with Crippen LogP contribution in [0.1, 0.15) is 73.1 Å². The molecule has 6 heteroatoms. The van der Waals surface area contributed by atoms with Crippen LogP contribution >= 0.6 is 11.3 Å². The summed E-state index contributed by atoms with van der Waals surface area (Å²) >= 11 is 1.89. The lowest BCUT2D eigenvalue weighted by atomic mass is 10.0. The zero-order valence-corrected chi connectivity index (χ0v) is 17.4. The van der Waals surface area contributed by atoms with E-state index in [1.807, 2.05) is 11.3 Å². The van der Waals surface area contributed by atoms with E-state index >= 15 is 0 Å². The second-order valence-electron chi connectivity index (χ2n) is 7.50. The maximum Gasteiger partial charge on any atom is 0.269 e. The first-order valence-electron chi connectivity index (χ1n) is 10.3. The average molecular weight is 400 g/mol. The molecule has 0 bridgehead atoms. The van der Waals surface area contributed by atoms with Gasteiger partial charge in [0.05, 0.1) is 16.3 Å². The number of hydrogen-bond acceptors (Lipinski definition) is 5. The van der Waals surface area contributed by atoms with E-state index in [9.17, 15) is 10.1 Å². The van der Waals surface area contributed by atoms with E-state index in [1.165, 1.54) is 72.4 Å². The lowest BCUT2D eigenvalue weighted by Crippen LogP contribution is -2.06. The molecule has 1 heterocycles. The number of benzene rings is 1. The molecule has 28 heavy (non-hydrogen) atoms. The molecule has 3 rings (SSSR count). The molecular formula is C22H29N3O2S. The molecule has 1 aliphatic carbocycles. The first-order chi connectivity index (χ1) is 13.6. The molecule has 1 N–H and O–H groups in total. The van der Waals surface area contributed by atoms with E-state index in [1.54, 1.807) is 12.1 Å². The molecule has 1 aromatic carbocycles. The zero-order chi connectivity index (χ0) is 19.8. The van der Waals surface area contributed by atoms with E-state index in [-0.39, 0.29) is 10.6 Å². The second kappa shape index (κ2) is 10.4. The molecule has 150 valence electrons. The largest absolute Gasteiger partial charge is 0.278 e. The van der Waals surface area contributed by atoms with Crippen LogP contribution in [0.25, 0.3) is 0 Å². The third kappa shape index (κ3) is 5.89. The Kier molecular flexibility index (Phi) is 7.60. The minimum Gasteiger partial charge on any atom is -0.278 e. The standard InChI is InChI=1S/C22H29N3O2S/c1-17-16-20-21(24-23-18-12-14-19(15-13-18)25(26)27)10-8-6-4-2-3-5-7-9-11-22(20)28-17/h12-16,23H,2-11H2,1H3. The summed E-state index contributed by atoms with van der Waals surface area (Å²) < 4.78 is 0. The number of hydrazone groups is 1. The predicted octanol–water partition coefficient (Wildman–Crippen LogP) is 6.85. The fraction of sp³-hybridized carbons (Fsp3) is 0.500. The first kappa shape index (κ1) is 20.5. The number of non-ortho nitro benzene ring substituents is 1. The monoisotopic (exact) mass is 399 g/mol. The molecule has 0 aliphatic heterocycles. The summed E-state index contributed by atoms with van der Waals surface area (Å²) in [6.45, 7) is 2.17. The van der Waals surface area contributed by atoms with Crippen LogP contribution in [0.3, 0.4) is 0 Å². The number of rotatable bonds is 3. The van der Waals surface area contributed by atoms with E-state index < -0.39 is 0 Å². The van der Waals surface area contributed by atoms with Gasteiger partial charge in [0.2, 0.25) is 0 Å². The van der Waals surface area contributed by atoms with E-state index in [2.05, 4.69) is 18.4 Å². The number of aryl methyl sites for hydroxylation is 2. The zero-order valence-electron chi connectivity index (χ0n) is 16.6. The van der Waals surface area contributed by atoms with Crippen LogP contribution in [-0.4, -0.2) is 10.6 Å². The highest BCUT2D eigenvalue weighted by Gasteiger charge is 2.14. The molecule has 0 unspecified atom stereocenters. The van der Waals surface area contributed by atoms with Crippen molar-refractivity contribution in [2.45, 2.75) is 71.1 Å². The van der Waals surface area contributed by atoms with Crippen molar-refractivity contribution in [2.75, 3.05) is 5.43 Å². The molecule has 2 aromatic rings. The van der Waals surface area contributed by atoms with Crippen molar-refractivity contribution < 1.29 is 4.92 Å². The van der Waals surface area contributed by atoms with Crippen LogP contribution in [0.2, 0.25) is 0 Å². The minimum absolute atomic E-state index is 0.0935. The van der Waals surface area contributed by atoms with Gasteiger partial charge < -0.3 is 0 Å². The summed E-state index contributed by atoms with van der Waals surface area (Å²) in [6, 6.07) is 8.71. The van der Waals surface area contributed by atoms with Crippen molar-refractivity contribution in [2.24, 2.45) is 5.10 Å². The fourth-order valence-corrected chi connectivity index (χ4v) is 4.77. The normalized spacial score (nSPS) is 17.8. The highest BCUT2D eigenvalue weighted by molar-refractivity contribution is 7.12. The average Bonchev–Trinajstić information content (AvgIpc) is 3.06. The topological polar surface area (TPSA) is 67.5 Å². The molecular weight excluding hydrogens is 370 g/mol. The van der Waals surface area contributed by atoms with Crippen molar-refractivity contribution in [1.82, 2.24) is 0 Å². The Morgan fingerprint density at radius 1 is 0.964 bits per heavy atom. The Balaban J connectivity index is 1.80. The van der Waals surface area contributed by atoms with Gasteiger partial charge in [-0.25, -0.2) is 0 Å². The molecule has 0 spiro atoms. The lowest BCUT2D eigenvalue weighted by Gasteiger charge is -2.09. The van der Waals surface area contributed by atoms with Crippen molar-refractivity contribution in [3.05, 3.63) is 55.8 Å². The Bertz CT molecular complexity index is 812. The number of anilines is 1. The first-order valence-corrected chi connectivity index (χ1v) is 11.1. The molecule has 0 radical (unpaired) electrons. The van der Waals surface area contributed by atoms with Gasteiger partial charge in [0.1, 0.15) is 0 Å². The van der Waals surface area contributed by atoms with Crippen LogP contribution in [0.5, 0.6) is 0 Å². The summed E-state index contributed by atoms with van der Waals surface area (Å²) in [5.41, 5.74) is 6.39. The Hall–Kier alpha value is -2.21. The molecule has 0 saturated heterocycles. The smallest absolute Gasteiger partial charge is 0.269 e. The van der Waals surface area contributed by atoms with Gasteiger partial charge in [0.15, 0.2) is 0 Å². The maximum absolute atomic E-state index is 10.8. The number of hydrogen-bond donors (Lipinski definition) is 1. The summed E-state index contributed by atoms with van der Waals surface area (Å²) in [7, 11) is 0. The van der Waals surface area contributed by atoms with E-state index in [4.69, 9.17) is 5.10 Å². The Morgan fingerprint density at radius 3 is 2.21 bits per heavy atom. The van der Waals surface area contributed by atoms with Crippen LogP contribution in [0.4, 0.5) is 11.4 Å². The highest BCUT2D eigenvalue weighted by Crippen LogP contribution is 2.27. The van der Waals surface area contributed by atoms with Crippen molar-refractivity contribution >= 4 is 28.4 Å². The number of nitro groups is 1. The molecule has 1 aromatic heterocycles. The van der Waals surface area contributed by atoms with Gasteiger partial charge in [-0.3, -0.25) is 15.5 Å². The van der Waals surface area contributed by atoms with Gasteiger partial charge in [-0.05, 0) is 50.8 Å². The van der Waals surface area contributed by atoms with Crippen LogP contribution in [-0.2, 0) is 6.42 Å². The van der Waals surface area contributed by atoms with Gasteiger partial charge >= 0.3 is 0 Å². The predicted molar refractivity (Wildman–Crippen MR) is 118 cm³/mol. The molecule has 0 saturated carbocycles. The quantitative estimate of drug-likeness (QED) is 0.453. The number of nitrogens with zero attached hydrogens (tertiary/aromatic N) is 2. The molecule has 0 atom stereocenters. The second-order valence-corrected chi connectivity index (χ2v) is 8.84. The summed E-state index contributed by atoms with van der Waals surface area (Å²) in [5.74, 6) is 0. The molecule has 5 nitrogen and oxygen atoms in total. The van der Waals surface area contributed by atoms with Gasteiger partial charge in [0.25, 0.3) is 5.69 Å². The number of nitrogens with one attached hydrogen (secondary N) is 1. The fourth-order valence-electron chi connectivity index (χ4n) is 3.67. The van der Waals surface area contributed by atoms with Crippen LogP contribution in [0.15, 0.2) is 35.4 Å². The van der Waals surface area contributed by atoms with Gasteiger partial charge in [-0.15, -0.1) is 11.3 Å². The molecule has 0 fully saturated rings. The van der Waals surface area contributed by atoms with Crippen LogP contribution < -0.4 is 5.43 Å². The Labute approximate surface area is 171 Å². The van der Waals surface area contributed by atoms with E-state index in [0.717, 1.165) is 30.7 Å². The summed E-state index contributed by atoms with van der Waals surface area (Å²) in [5, 5.41) is 15.6. The summed E-state index contributed by atoms with van der Waals surface area (Å²) in [4.78, 5) is 13.2. The van der Waals surface area contributed by atoms with Crippen LogP contribution in [0, 0.1) is 17.0 Å². The highest BCUT2D eigenvalue weighted by atomic mass is 32.1. The number of thiophene rings is 1. The van der Waals surface area contributed by atoms with Gasteiger partial charge in [-0.1, -0.05) is 38.5 Å². The third-order valence-electron chi connectivity index (χ3n) is 5.21. The molecule has 0 amide bonds. The number of fused-ring (bicyclic) bond motifs is 1. The maximum atomic E-state index is 10.8.